The second kappa shape index (κ2) is 13.9. The van der Waals surface area contributed by atoms with Gasteiger partial charge in [-0.3, -0.25) is 9.59 Å². The number of rotatable bonds is 13. The minimum Gasteiger partial charge on any atom is -0.469 e. The average Bonchev–Trinajstić information content (AvgIpc) is 2.48. The molecule has 0 aromatic carbocycles. The van der Waals surface area contributed by atoms with Gasteiger partial charge in [-0.15, -0.1) is 0 Å². The molecule has 0 spiro atoms. The van der Waals surface area contributed by atoms with Crippen molar-refractivity contribution in [3.63, 3.8) is 0 Å². The Bertz CT molecular complexity index is 276. The van der Waals surface area contributed by atoms with Crippen LogP contribution in [0.3, 0.4) is 0 Å². The predicted molar refractivity (Wildman–Crippen MR) is 84.0 cm³/mol. The standard InChI is InChI=1S/C17H32O4/c1-15(14-17(19)21-3)12-10-8-6-4-5-7-9-11-13-16(18)20-2/h15H,4-14H2,1-3H3. The molecule has 124 valence electrons. The fourth-order valence-corrected chi connectivity index (χ4v) is 2.39. The number of esters is 2. The van der Waals surface area contributed by atoms with Gasteiger partial charge < -0.3 is 9.47 Å². The fourth-order valence-electron chi connectivity index (χ4n) is 2.39. The maximum absolute atomic E-state index is 11.1. The van der Waals surface area contributed by atoms with Crippen LogP contribution in [0.1, 0.15) is 77.6 Å². The molecule has 0 saturated carbocycles. The topological polar surface area (TPSA) is 52.6 Å². The van der Waals surface area contributed by atoms with E-state index in [1.54, 1.807) is 0 Å². The van der Waals surface area contributed by atoms with Crippen molar-refractivity contribution in [2.24, 2.45) is 5.92 Å². The Morgan fingerprint density at radius 1 is 0.762 bits per heavy atom. The fraction of sp³-hybridized carbons (Fsp3) is 0.882. The largest absolute Gasteiger partial charge is 0.469 e. The van der Waals surface area contributed by atoms with E-state index in [0.29, 0.717) is 18.8 Å². The number of hydrogen-bond acceptors (Lipinski definition) is 4. The third kappa shape index (κ3) is 13.7. The molecular weight excluding hydrogens is 268 g/mol. The molecule has 0 rings (SSSR count). The van der Waals surface area contributed by atoms with Crippen molar-refractivity contribution in [3.8, 4) is 0 Å². The van der Waals surface area contributed by atoms with Crippen LogP contribution in [-0.4, -0.2) is 26.2 Å². The average molecular weight is 300 g/mol. The second-order valence-electron chi connectivity index (χ2n) is 5.83. The predicted octanol–water partition coefficient (Wildman–Crippen LogP) is 4.26. The van der Waals surface area contributed by atoms with Crippen LogP contribution in [0.5, 0.6) is 0 Å². The monoisotopic (exact) mass is 300 g/mol. The Kier molecular flexibility index (Phi) is 13.2. The van der Waals surface area contributed by atoms with Crippen molar-refractivity contribution < 1.29 is 19.1 Å². The van der Waals surface area contributed by atoms with E-state index in [-0.39, 0.29) is 11.9 Å². The summed E-state index contributed by atoms with van der Waals surface area (Å²) in [4.78, 5) is 22.0. The molecule has 0 heterocycles. The first-order valence-electron chi connectivity index (χ1n) is 8.23. The molecule has 0 amide bonds. The number of unbranched alkanes of at least 4 members (excludes halogenated alkanes) is 7. The second-order valence-corrected chi connectivity index (χ2v) is 5.83. The lowest BCUT2D eigenvalue weighted by Crippen LogP contribution is -2.06. The van der Waals surface area contributed by atoms with Crippen molar-refractivity contribution in [2.45, 2.75) is 77.6 Å². The molecule has 4 heteroatoms. The zero-order chi connectivity index (χ0) is 15.9. The smallest absolute Gasteiger partial charge is 0.305 e. The molecule has 0 fully saturated rings. The van der Waals surface area contributed by atoms with E-state index in [9.17, 15) is 9.59 Å². The summed E-state index contributed by atoms with van der Waals surface area (Å²) in [6.45, 7) is 2.11. The molecule has 0 aliphatic carbocycles. The van der Waals surface area contributed by atoms with Gasteiger partial charge in [0.25, 0.3) is 0 Å². The maximum Gasteiger partial charge on any atom is 0.305 e. The maximum atomic E-state index is 11.1. The van der Waals surface area contributed by atoms with Crippen molar-refractivity contribution in [1.29, 1.82) is 0 Å². The summed E-state index contributed by atoms with van der Waals surface area (Å²) >= 11 is 0. The van der Waals surface area contributed by atoms with E-state index in [2.05, 4.69) is 16.4 Å². The molecule has 0 radical (unpaired) electrons. The first-order valence-corrected chi connectivity index (χ1v) is 8.23. The number of hydrogen-bond donors (Lipinski definition) is 0. The van der Waals surface area contributed by atoms with Crippen LogP contribution in [0, 0.1) is 5.92 Å². The van der Waals surface area contributed by atoms with E-state index < -0.39 is 0 Å². The summed E-state index contributed by atoms with van der Waals surface area (Å²) in [6.07, 6.45) is 11.7. The van der Waals surface area contributed by atoms with Gasteiger partial charge in [0.15, 0.2) is 0 Å². The lowest BCUT2D eigenvalue weighted by atomic mass is 9.99. The zero-order valence-corrected chi connectivity index (χ0v) is 14.0. The van der Waals surface area contributed by atoms with Crippen LogP contribution >= 0.6 is 0 Å². The van der Waals surface area contributed by atoms with Gasteiger partial charge >= 0.3 is 11.9 Å². The molecule has 0 N–H and O–H groups in total. The third-order valence-electron chi connectivity index (χ3n) is 3.80. The minimum absolute atomic E-state index is 0.101. The molecule has 21 heavy (non-hydrogen) atoms. The van der Waals surface area contributed by atoms with Crippen molar-refractivity contribution in [1.82, 2.24) is 0 Å². The molecule has 0 saturated heterocycles. The highest BCUT2D eigenvalue weighted by Crippen LogP contribution is 2.15. The molecule has 0 aromatic rings. The molecule has 4 nitrogen and oxygen atoms in total. The number of ether oxygens (including phenoxy) is 2. The molecule has 0 aromatic heterocycles. The van der Waals surface area contributed by atoms with E-state index >= 15 is 0 Å². The summed E-state index contributed by atoms with van der Waals surface area (Å²) in [5.41, 5.74) is 0. The molecule has 0 bridgehead atoms. The Labute approximate surface area is 129 Å². The van der Waals surface area contributed by atoms with Gasteiger partial charge in [-0.1, -0.05) is 58.3 Å². The number of methoxy groups -OCH3 is 2. The van der Waals surface area contributed by atoms with Crippen LogP contribution in [0.15, 0.2) is 0 Å². The summed E-state index contributed by atoms with van der Waals surface area (Å²) in [7, 11) is 2.88. The van der Waals surface area contributed by atoms with E-state index in [1.165, 1.54) is 52.7 Å². The van der Waals surface area contributed by atoms with Gasteiger partial charge in [0, 0.05) is 12.8 Å². The Morgan fingerprint density at radius 2 is 1.24 bits per heavy atom. The van der Waals surface area contributed by atoms with Crippen LogP contribution in [-0.2, 0) is 19.1 Å². The summed E-state index contributed by atoms with van der Waals surface area (Å²) in [6, 6.07) is 0. The Balaban J connectivity index is 3.22. The lowest BCUT2D eigenvalue weighted by molar-refractivity contribution is -0.142. The van der Waals surface area contributed by atoms with Crippen molar-refractivity contribution in [2.75, 3.05) is 14.2 Å². The lowest BCUT2D eigenvalue weighted by Gasteiger charge is -2.09. The van der Waals surface area contributed by atoms with Crippen LogP contribution in [0.4, 0.5) is 0 Å². The van der Waals surface area contributed by atoms with Crippen molar-refractivity contribution in [3.05, 3.63) is 0 Å². The van der Waals surface area contributed by atoms with Gasteiger partial charge in [0.2, 0.25) is 0 Å². The van der Waals surface area contributed by atoms with Crippen LogP contribution < -0.4 is 0 Å². The molecule has 1 unspecified atom stereocenters. The van der Waals surface area contributed by atoms with E-state index in [0.717, 1.165) is 19.3 Å². The first-order chi connectivity index (χ1) is 10.1. The van der Waals surface area contributed by atoms with Gasteiger partial charge in [0.1, 0.15) is 0 Å². The highest BCUT2D eigenvalue weighted by atomic mass is 16.5. The molecule has 0 aliphatic rings. The van der Waals surface area contributed by atoms with Crippen LogP contribution in [0.2, 0.25) is 0 Å². The zero-order valence-electron chi connectivity index (χ0n) is 14.0. The quantitative estimate of drug-likeness (QED) is 0.377. The molecule has 0 aliphatic heterocycles. The van der Waals surface area contributed by atoms with Gasteiger partial charge in [-0.25, -0.2) is 0 Å². The van der Waals surface area contributed by atoms with Crippen molar-refractivity contribution >= 4 is 11.9 Å². The third-order valence-corrected chi connectivity index (χ3v) is 3.80. The van der Waals surface area contributed by atoms with Gasteiger partial charge in [0.05, 0.1) is 14.2 Å². The Morgan fingerprint density at radius 3 is 1.76 bits per heavy atom. The summed E-state index contributed by atoms with van der Waals surface area (Å²) < 4.78 is 9.27. The normalized spacial score (nSPS) is 12.0. The van der Waals surface area contributed by atoms with Gasteiger partial charge in [-0.2, -0.15) is 0 Å². The molecular formula is C17H32O4. The number of carbonyl (C=O) groups is 2. The SMILES string of the molecule is COC(=O)CCCCCCCCCCC(C)CC(=O)OC. The van der Waals surface area contributed by atoms with Gasteiger partial charge in [-0.05, 0) is 12.3 Å². The Hall–Kier alpha value is -1.06. The molecule has 1 atom stereocenters. The van der Waals surface area contributed by atoms with E-state index in [4.69, 9.17) is 0 Å². The minimum atomic E-state index is -0.102. The first kappa shape index (κ1) is 19.9. The number of carbonyl (C=O) groups excluding carboxylic acids is 2. The summed E-state index contributed by atoms with van der Waals surface area (Å²) in [5.74, 6) is 0.223. The van der Waals surface area contributed by atoms with E-state index in [1.807, 2.05) is 0 Å². The highest BCUT2D eigenvalue weighted by Gasteiger charge is 2.08. The summed E-state index contributed by atoms with van der Waals surface area (Å²) in [5, 5.41) is 0. The highest BCUT2D eigenvalue weighted by molar-refractivity contribution is 5.69. The van der Waals surface area contributed by atoms with Crippen LogP contribution in [0.25, 0.3) is 0 Å².